The Morgan fingerprint density at radius 1 is 1.75 bits per heavy atom. The van der Waals surface area contributed by atoms with Gasteiger partial charge in [-0.1, -0.05) is 6.92 Å². The summed E-state index contributed by atoms with van der Waals surface area (Å²) in [5.41, 5.74) is 0. The van der Waals surface area contributed by atoms with E-state index in [2.05, 4.69) is 0 Å². The molecule has 1 N–H and O–H groups in total. The van der Waals surface area contributed by atoms with E-state index >= 15 is 0 Å². The molecule has 0 saturated heterocycles. The lowest BCUT2D eigenvalue weighted by Gasteiger charge is -1.97. The third-order valence-electron chi connectivity index (χ3n) is 1.49. The molecule has 1 unspecified atom stereocenters. The first-order valence-electron chi connectivity index (χ1n) is 2.92. The van der Waals surface area contributed by atoms with Crippen LogP contribution in [0.15, 0.2) is 0 Å². The number of rotatable bonds is 2. The molecule has 1 aliphatic rings. The summed E-state index contributed by atoms with van der Waals surface area (Å²) in [4.78, 5) is 0. The minimum absolute atomic E-state index is 0.257. The summed E-state index contributed by atoms with van der Waals surface area (Å²) in [6, 6.07) is 0. The van der Waals surface area contributed by atoms with Crippen molar-refractivity contribution in [2.24, 2.45) is 0 Å². The first-order chi connectivity index (χ1) is 3.67. The molecule has 0 aromatic rings. The van der Waals surface area contributed by atoms with Gasteiger partial charge in [-0.05, 0) is 12.8 Å². The predicted octanol–water partition coefficient (Wildman–Crippen LogP) is 1.22. The van der Waals surface area contributed by atoms with Gasteiger partial charge in [0.25, 0.3) is 0 Å². The molecule has 1 aliphatic carbocycles. The molecule has 0 spiro atoms. The molecule has 0 amide bonds. The first kappa shape index (κ1) is 6.08. The average Bonchev–Trinajstić information content (AvgIpc) is 2.44. The van der Waals surface area contributed by atoms with Crippen LogP contribution in [0.5, 0.6) is 0 Å². The Morgan fingerprint density at radius 3 is 2.38 bits per heavy atom. The van der Waals surface area contributed by atoms with Crippen LogP contribution in [-0.2, 0) is 9.73 Å². The van der Waals surface area contributed by atoms with Crippen LogP contribution in [0.4, 0.5) is 0 Å². The molecule has 0 aromatic heterocycles. The Labute approximate surface area is 50.3 Å². The molecule has 1 rings (SSSR count). The monoisotopic (exact) mass is 133 g/mol. The summed E-state index contributed by atoms with van der Waals surface area (Å²) in [6.07, 6.45) is 2.05. The minimum Gasteiger partial charge on any atom is -0.253 e. The van der Waals surface area contributed by atoms with Crippen molar-refractivity contribution in [2.45, 2.75) is 25.0 Å². The summed E-state index contributed by atoms with van der Waals surface area (Å²) in [5, 5.41) is 0.257. The zero-order valence-corrected chi connectivity index (χ0v) is 5.83. The SMILES string of the molecule is CCS(=N)(=O)C1CC1. The van der Waals surface area contributed by atoms with E-state index in [-0.39, 0.29) is 5.25 Å². The van der Waals surface area contributed by atoms with Gasteiger partial charge in [0.05, 0.1) is 0 Å². The van der Waals surface area contributed by atoms with Crippen LogP contribution >= 0.6 is 0 Å². The fourth-order valence-electron chi connectivity index (χ4n) is 0.684. The first-order valence-corrected chi connectivity index (χ1v) is 4.71. The zero-order valence-electron chi connectivity index (χ0n) is 5.02. The van der Waals surface area contributed by atoms with Crippen LogP contribution in [0.25, 0.3) is 0 Å². The van der Waals surface area contributed by atoms with Crippen LogP contribution in [0.2, 0.25) is 0 Å². The van der Waals surface area contributed by atoms with E-state index in [1.165, 1.54) is 0 Å². The van der Waals surface area contributed by atoms with Crippen LogP contribution in [0.3, 0.4) is 0 Å². The standard InChI is InChI=1S/C5H11NOS/c1-2-8(6,7)5-3-4-5/h5-6H,2-4H2,1H3. The maximum absolute atomic E-state index is 11.0. The normalized spacial score (nSPS) is 27.1. The van der Waals surface area contributed by atoms with Crippen molar-refractivity contribution in [3.63, 3.8) is 0 Å². The van der Waals surface area contributed by atoms with Gasteiger partial charge >= 0.3 is 0 Å². The zero-order chi connectivity index (χ0) is 6.20. The van der Waals surface area contributed by atoms with Gasteiger partial charge in [-0.15, -0.1) is 0 Å². The fraction of sp³-hybridized carbons (Fsp3) is 1.00. The van der Waals surface area contributed by atoms with Gasteiger partial charge in [-0.3, -0.25) is 4.78 Å². The molecule has 1 atom stereocenters. The van der Waals surface area contributed by atoms with Crippen LogP contribution in [0, 0.1) is 4.78 Å². The van der Waals surface area contributed by atoms with Gasteiger partial charge in [-0.25, -0.2) is 4.21 Å². The number of hydrogen-bond acceptors (Lipinski definition) is 2. The lowest BCUT2D eigenvalue weighted by atomic mass is 11.0. The average molecular weight is 133 g/mol. The van der Waals surface area contributed by atoms with E-state index in [1.54, 1.807) is 0 Å². The maximum atomic E-state index is 11.0. The van der Waals surface area contributed by atoms with Gasteiger partial charge in [-0.2, -0.15) is 0 Å². The van der Waals surface area contributed by atoms with E-state index in [9.17, 15) is 4.21 Å². The Morgan fingerprint density at radius 2 is 2.25 bits per heavy atom. The highest BCUT2D eigenvalue weighted by Crippen LogP contribution is 2.28. The molecule has 48 valence electrons. The van der Waals surface area contributed by atoms with E-state index in [0.29, 0.717) is 5.75 Å². The summed E-state index contributed by atoms with van der Waals surface area (Å²) < 4.78 is 18.2. The molecule has 0 aromatic carbocycles. The summed E-state index contributed by atoms with van der Waals surface area (Å²) in [5.74, 6) is 0.539. The van der Waals surface area contributed by atoms with Crippen molar-refractivity contribution in [1.82, 2.24) is 0 Å². The third-order valence-corrected chi connectivity index (χ3v) is 3.90. The predicted molar refractivity (Wildman–Crippen MR) is 34.4 cm³/mol. The van der Waals surface area contributed by atoms with Crippen molar-refractivity contribution in [2.75, 3.05) is 5.75 Å². The fourth-order valence-corrected chi connectivity index (χ4v) is 2.05. The van der Waals surface area contributed by atoms with Gasteiger partial charge in [0.1, 0.15) is 0 Å². The Kier molecular flexibility index (Phi) is 1.31. The number of nitrogens with one attached hydrogen (secondary N) is 1. The lowest BCUT2D eigenvalue weighted by Crippen LogP contribution is -2.06. The highest BCUT2D eigenvalue weighted by atomic mass is 32.2. The molecule has 0 bridgehead atoms. The second-order valence-electron chi connectivity index (χ2n) is 2.21. The van der Waals surface area contributed by atoms with Crippen molar-refractivity contribution in [3.8, 4) is 0 Å². The lowest BCUT2D eigenvalue weighted by molar-refractivity contribution is 0.674. The van der Waals surface area contributed by atoms with Crippen LogP contribution in [-0.4, -0.2) is 15.2 Å². The molecule has 0 heterocycles. The maximum Gasteiger partial charge on any atom is 0.0467 e. The Bertz CT molecular complexity index is 167. The summed E-state index contributed by atoms with van der Waals surface area (Å²) in [6.45, 7) is 1.83. The minimum atomic E-state index is -2.12. The van der Waals surface area contributed by atoms with Gasteiger partial charge < -0.3 is 0 Å². The van der Waals surface area contributed by atoms with Crippen LogP contribution in [0.1, 0.15) is 19.8 Å². The molecule has 1 saturated carbocycles. The molecule has 2 nitrogen and oxygen atoms in total. The molecule has 0 aliphatic heterocycles. The number of hydrogen-bond donors (Lipinski definition) is 1. The van der Waals surface area contributed by atoms with Crippen molar-refractivity contribution >= 4 is 9.73 Å². The Hall–Kier alpha value is -0.0500. The van der Waals surface area contributed by atoms with E-state index in [0.717, 1.165) is 12.8 Å². The van der Waals surface area contributed by atoms with Crippen LogP contribution < -0.4 is 0 Å². The molecule has 1 fully saturated rings. The molecular weight excluding hydrogens is 122 g/mol. The largest absolute Gasteiger partial charge is 0.253 e. The quantitative estimate of drug-likeness (QED) is 0.604. The van der Waals surface area contributed by atoms with E-state index in [1.807, 2.05) is 6.92 Å². The summed E-state index contributed by atoms with van der Waals surface area (Å²) in [7, 11) is -2.12. The highest BCUT2D eigenvalue weighted by molar-refractivity contribution is 7.93. The van der Waals surface area contributed by atoms with E-state index < -0.39 is 9.73 Å². The molecule has 3 heteroatoms. The van der Waals surface area contributed by atoms with Crippen molar-refractivity contribution in [3.05, 3.63) is 0 Å². The van der Waals surface area contributed by atoms with E-state index in [4.69, 9.17) is 4.78 Å². The second kappa shape index (κ2) is 1.72. The second-order valence-corrected chi connectivity index (χ2v) is 4.91. The molecule has 0 radical (unpaired) electrons. The summed E-state index contributed by atoms with van der Waals surface area (Å²) >= 11 is 0. The van der Waals surface area contributed by atoms with Gasteiger partial charge in [0.2, 0.25) is 0 Å². The van der Waals surface area contributed by atoms with Gasteiger partial charge in [0, 0.05) is 20.7 Å². The smallest absolute Gasteiger partial charge is 0.0467 e. The molecule has 8 heavy (non-hydrogen) atoms. The van der Waals surface area contributed by atoms with Gasteiger partial charge in [0.15, 0.2) is 0 Å². The molecular formula is C5H11NOS. The topological polar surface area (TPSA) is 40.9 Å². The highest BCUT2D eigenvalue weighted by Gasteiger charge is 2.30. The third kappa shape index (κ3) is 1.02. The Balaban J connectivity index is 2.65. The van der Waals surface area contributed by atoms with Crippen molar-refractivity contribution in [1.29, 1.82) is 4.78 Å². The van der Waals surface area contributed by atoms with Crippen molar-refractivity contribution < 1.29 is 4.21 Å².